The molecule has 0 saturated heterocycles. The molecule has 3 rings (SSSR count). The summed E-state index contributed by atoms with van der Waals surface area (Å²) in [5, 5.41) is 3.76. The predicted molar refractivity (Wildman–Crippen MR) is 86.1 cm³/mol. The number of anilines is 1. The van der Waals surface area contributed by atoms with E-state index >= 15 is 0 Å². The third-order valence-corrected chi connectivity index (χ3v) is 4.52. The standard InChI is InChI=1S/C14H9BrClFN2S/c15-9-2-1-8(11(17)5-9)6-18-13-10(16)3-4-12-14(13)19-7-20-12/h1-5,7,18H,6H2. The largest absolute Gasteiger partial charge is 0.378 e. The van der Waals surface area contributed by atoms with Crippen LogP contribution >= 0.6 is 38.9 Å². The number of nitrogens with one attached hydrogen (secondary N) is 1. The Hall–Kier alpha value is -1.17. The third kappa shape index (κ3) is 2.66. The first kappa shape index (κ1) is 13.8. The highest BCUT2D eigenvalue weighted by Crippen LogP contribution is 2.32. The zero-order valence-electron chi connectivity index (χ0n) is 10.2. The molecule has 0 aliphatic carbocycles. The van der Waals surface area contributed by atoms with Crippen LogP contribution in [0.2, 0.25) is 5.02 Å². The first-order chi connectivity index (χ1) is 9.65. The average Bonchev–Trinajstić information content (AvgIpc) is 2.88. The van der Waals surface area contributed by atoms with E-state index in [0.29, 0.717) is 17.1 Å². The van der Waals surface area contributed by atoms with E-state index in [1.165, 1.54) is 6.07 Å². The Morgan fingerprint density at radius 1 is 1.30 bits per heavy atom. The fourth-order valence-electron chi connectivity index (χ4n) is 1.92. The molecule has 0 atom stereocenters. The van der Waals surface area contributed by atoms with Crippen molar-refractivity contribution in [2.45, 2.75) is 6.54 Å². The van der Waals surface area contributed by atoms with Gasteiger partial charge in [0.2, 0.25) is 0 Å². The monoisotopic (exact) mass is 370 g/mol. The van der Waals surface area contributed by atoms with E-state index in [1.807, 2.05) is 18.2 Å². The molecular formula is C14H9BrClFN2S. The Morgan fingerprint density at radius 3 is 2.95 bits per heavy atom. The number of benzene rings is 2. The first-order valence-corrected chi connectivity index (χ1v) is 7.90. The molecule has 3 aromatic rings. The van der Waals surface area contributed by atoms with Crippen molar-refractivity contribution < 1.29 is 4.39 Å². The lowest BCUT2D eigenvalue weighted by Crippen LogP contribution is -2.03. The molecule has 2 aromatic carbocycles. The van der Waals surface area contributed by atoms with Gasteiger partial charge < -0.3 is 5.32 Å². The molecule has 6 heteroatoms. The second-order valence-corrected chi connectivity index (χ2v) is 6.42. The highest BCUT2D eigenvalue weighted by molar-refractivity contribution is 9.10. The molecule has 1 heterocycles. The third-order valence-electron chi connectivity index (χ3n) is 2.92. The molecule has 1 aromatic heterocycles. The topological polar surface area (TPSA) is 24.9 Å². The van der Waals surface area contributed by atoms with Crippen LogP contribution in [0.5, 0.6) is 0 Å². The van der Waals surface area contributed by atoms with Gasteiger partial charge in [-0.15, -0.1) is 11.3 Å². The minimum atomic E-state index is -0.256. The Morgan fingerprint density at radius 2 is 2.15 bits per heavy atom. The molecule has 0 fully saturated rings. The summed E-state index contributed by atoms with van der Waals surface area (Å²) >= 11 is 11.0. The van der Waals surface area contributed by atoms with Crippen LogP contribution in [-0.4, -0.2) is 4.98 Å². The molecule has 102 valence electrons. The molecule has 20 heavy (non-hydrogen) atoms. The number of hydrogen-bond donors (Lipinski definition) is 1. The summed E-state index contributed by atoms with van der Waals surface area (Å²) in [6, 6.07) is 8.75. The van der Waals surface area contributed by atoms with Gasteiger partial charge in [-0.1, -0.05) is 33.6 Å². The van der Waals surface area contributed by atoms with Gasteiger partial charge >= 0.3 is 0 Å². The SMILES string of the molecule is Fc1cc(Br)ccc1CNc1c(Cl)ccc2scnc12. The summed E-state index contributed by atoms with van der Waals surface area (Å²) in [6.45, 7) is 0.357. The van der Waals surface area contributed by atoms with Crippen molar-refractivity contribution >= 4 is 54.8 Å². The fraction of sp³-hybridized carbons (Fsp3) is 0.0714. The van der Waals surface area contributed by atoms with E-state index in [9.17, 15) is 4.39 Å². The quantitative estimate of drug-likeness (QED) is 0.661. The molecule has 0 saturated carbocycles. The van der Waals surface area contributed by atoms with Crippen LogP contribution in [0.4, 0.5) is 10.1 Å². The van der Waals surface area contributed by atoms with Crippen LogP contribution < -0.4 is 5.32 Å². The summed E-state index contributed by atoms with van der Waals surface area (Å²) in [5.41, 5.74) is 3.91. The maximum Gasteiger partial charge on any atom is 0.129 e. The molecule has 2 nitrogen and oxygen atoms in total. The summed E-state index contributed by atoms with van der Waals surface area (Å²) < 4.78 is 15.6. The number of aromatic nitrogens is 1. The van der Waals surface area contributed by atoms with Crippen LogP contribution in [-0.2, 0) is 6.54 Å². The molecule has 0 spiro atoms. The summed E-state index contributed by atoms with van der Waals surface area (Å²) in [5.74, 6) is -0.256. The Labute approximate surface area is 132 Å². The zero-order chi connectivity index (χ0) is 14.1. The van der Waals surface area contributed by atoms with Crippen molar-refractivity contribution in [1.82, 2.24) is 4.98 Å². The lowest BCUT2D eigenvalue weighted by atomic mass is 10.2. The zero-order valence-corrected chi connectivity index (χ0v) is 13.3. The number of nitrogens with zero attached hydrogens (tertiary/aromatic N) is 1. The number of fused-ring (bicyclic) bond motifs is 1. The molecule has 0 bridgehead atoms. The lowest BCUT2D eigenvalue weighted by Gasteiger charge is -2.10. The Balaban J connectivity index is 1.90. The van der Waals surface area contributed by atoms with Gasteiger partial charge in [-0.3, -0.25) is 0 Å². The van der Waals surface area contributed by atoms with Crippen molar-refractivity contribution in [2.75, 3.05) is 5.32 Å². The second kappa shape index (κ2) is 5.68. The maximum atomic E-state index is 13.8. The lowest BCUT2D eigenvalue weighted by molar-refractivity contribution is 0.612. The number of halogens is 3. The van der Waals surface area contributed by atoms with Crippen LogP contribution in [0, 0.1) is 5.82 Å². The maximum absolute atomic E-state index is 13.8. The number of rotatable bonds is 3. The van der Waals surface area contributed by atoms with E-state index in [0.717, 1.165) is 20.4 Å². The van der Waals surface area contributed by atoms with Gasteiger partial charge in [0, 0.05) is 16.6 Å². The second-order valence-electron chi connectivity index (χ2n) is 4.21. The number of hydrogen-bond acceptors (Lipinski definition) is 3. The van der Waals surface area contributed by atoms with Gasteiger partial charge in [0.25, 0.3) is 0 Å². The molecule has 0 amide bonds. The van der Waals surface area contributed by atoms with E-state index in [1.54, 1.807) is 22.9 Å². The highest BCUT2D eigenvalue weighted by Gasteiger charge is 2.10. The first-order valence-electron chi connectivity index (χ1n) is 5.84. The van der Waals surface area contributed by atoms with E-state index in [2.05, 4.69) is 26.2 Å². The van der Waals surface area contributed by atoms with Gasteiger partial charge in [-0.05, 0) is 24.3 Å². The van der Waals surface area contributed by atoms with Crippen LogP contribution in [0.3, 0.4) is 0 Å². The Kier molecular flexibility index (Phi) is 3.92. The highest BCUT2D eigenvalue weighted by atomic mass is 79.9. The summed E-state index contributed by atoms with van der Waals surface area (Å²) in [6.07, 6.45) is 0. The van der Waals surface area contributed by atoms with Crippen molar-refractivity contribution in [3.8, 4) is 0 Å². The van der Waals surface area contributed by atoms with Gasteiger partial charge in [-0.2, -0.15) is 0 Å². The van der Waals surface area contributed by atoms with Crippen LogP contribution in [0.1, 0.15) is 5.56 Å². The molecule has 0 unspecified atom stereocenters. The van der Waals surface area contributed by atoms with Gasteiger partial charge in [0.15, 0.2) is 0 Å². The van der Waals surface area contributed by atoms with Gasteiger partial charge in [0.05, 0.1) is 20.9 Å². The minimum absolute atomic E-state index is 0.256. The van der Waals surface area contributed by atoms with E-state index in [4.69, 9.17) is 11.6 Å². The predicted octanol–water partition coefficient (Wildman–Crippen LogP) is 5.46. The average molecular weight is 372 g/mol. The molecule has 0 radical (unpaired) electrons. The van der Waals surface area contributed by atoms with Crippen LogP contribution in [0.15, 0.2) is 40.3 Å². The van der Waals surface area contributed by atoms with E-state index < -0.39 is 0 Å². The molecule has 0 aliphatic rings. The van der Waals surface area contributed by atoms with Crippen molar-refractivity contribution in [2.24, 2.45) is 0 Å². The Bertz CT molecular complexity index is 775. The summed E-state index contributed by atoms with van der Waals surface area (Å²) in [7, 11) is 0. The minimum Gasteiger partial charge on any atom is -0.378 e. The molecule has 0 aliphatic heterocycles. The molecular weight excluding hydrogens is 363 g/mol. The van der Waals surface area contributed by atoms with Crippen molar-refractivity contribution in [3.63, 3.8) is 0 Å². The summed E-state index contributed by atoms with van der Waals surface area (Å²) in [4.78, 5) is 4.30. The fourth-order valence-corrected chi connectivity index (χ4v) is 3.16. The van der Waals surface area contributed by atoms with Crippen LogP contribution in [0.25, 0.3) is 10.2 Å². The van der Waals surface area contributed by atoms with Crippen molar-refractivity contribution in [1.29, 1.82) is 0 Å². The van der Waals surface area contributed by atoms with E-state index in [-0.39, 0.29) is 5.82 Å². The molecule has 1 N–H and O–H groups in total. The van der Waals surface area contributed by atoms with Gasteiger partial charge in [-0.25, -0.2) is 9.37 Å². The van der Waals surface area contributed by atoms with Gasteiger partial charge in [0.1, 0.15) is 11.3 Å². The smallest absolute Gasteiger partial charge is 0.129 e. The number of thiazole rings is 1. The van der Waals surface area contributed by atoms with Crippen molar-refractivity contribution in [3.05, 3.63) is 56.7 Å². The normalized spacial score (nSPS) is 10.9.